The molecule has 0 aromatic carbocycles. The van der Waals surface area contributed by atoms with E-state index in [1.165, 1.54) is 12.8 Å². The summed E-state index contributed by atoms with van der Waals surface area (Å²) in [5.74, 6) is 0. The third-order valence-corrected chi connectivity index (χ3v) is 3.97. The molecule has 1 aliphatic carbocycles. The van der Waals surface area contributed by atoms with Gasteiger partial charge in [0.25, 0.3) is 5.56 Å². The van der Waals surface area contributed by atoms with Crippen molar-refractivity contribution >= 4 is 0 Å². The molecule has 2 N–H and O–H groups in total. The van der Waals surface area contributed by atoms with E-state index in [0.717, 1.165) is 29.7 Å². The molecule has 2 rings (SSSR count). The Morgan fingerprint density at radius 2 is 1.83 bits per heavy atom. The van der Waals surface area contributed by atoms with E-state index in [9.17, 15) is 4.79 Å². The van der Waals surface area contributed by atoms with E-state index in [-0.39, 0.29) is 5.56 Å². The molecule has 0 radical (unpaired) electrons. The SMILES string of the molecule is Cc1cc(C)n(C2CCCC2)c(=O)c1C(C)(C)N. The third kappa shape index (κ3) is 2.24. The monoisotopic (exact) mass is 248 g/mol. The van der Waals surface area contributed by atoms with Crippen molar-refractivity contribution in [2.45, 2.75) is 65.0 Å². The van der Waals surface area contributed by atoms with Gasteiger partial charge in [-0.25, -0.2) is 0 Å². The number of hydrogen-bond donors (Lipinski definition) is 1. The van der Waals surface area contributed by atoms with Gasteiger partial charge in [0.05, 0.1) is 0 Å². The number of hydrogen-bond acceptors (Lipinski definition) is 2. The second-order valence-electron chi connectivity index (χ2n) is 6.18. The van der Waals surface area contributed by atoms with Gasteiger partial charge in [-0.15, -0.1) is 0 Å². The number of rotatable bonds is 2. The summed E-state index contributed by atoms with van der Waals surface area (Å²) in [7, 11) is 0. The number of pyridine rings is 1. The minimum Gasteiger partial charge on any atom is -0.322 e. The van der Waals surface area contributed by atoms with E-state index in [2.05, 4.69) is 6.07 Å². The predicted octanol–water partition coefficient (Wildman–Crippen LogP) is 2.77. The smallest absolute Gasteiger partial charge is 0.256 e. The Bertz CT molecular complexity index is 502. The summed E-state index contributed by atoms with van der Waals surface area (Å²) >= 11 is 0. The summed E-state index contributed by atoms with van der Waals surface area (Å²) in [6, 6.07) is 2.48. The van der Waals surface area contributed by atoms with Crippen LogP contribution in [0.5, 0.6) is 0 Å². The second kappa shape index (κ2) is 4.54. The summed E-state index contributed by atoms with van der Waals surface area (Å²) in [6.45, 7) is 7.83. The molecule has 3 nitrogen and oxygen atoms in total. The van der Waals surface area contributed by atoms with Gasteiger partial charge in [-0.05, 0) is 52.2 Å². The van der Waals surface area contributed by atoms with Crippen molar-refractivity contribution in [3.05, 3.63) is 33.2 Å². The van der Waals surface area contributed by atoms with Gasteiger partial charge >= 0.3 is 0 Å². The highest BCUT2D eigenvalue weighted by Crippen LogP contribution is 2.30. The molecule has 0 spiro atoms. The fourth-order valence-electron chi connectivity index (χ4n) is 3.30. The van der Waals surface area contributed by atoms with Gasteiger partial charge in [0.2, 0.25) is 0 Å². The quantitative estimate of drug-likeness (QED) is 0.875. The molecule has 1 aromatic rings. The van der Waals surface area contributed by atoms with Crippen molar-refractivity contribution in [3.8, 4) is 0 Å². The summed E-state index contributed by atoms with van der Waals surface area (Å²) in [5.41, 5.74) is 8.55. The van der Waals surface area contributed by atoms with E-state index in [1.54, 1.807) is 0 Å². The van der Waals surface area contributed by atoms with Crippen LogP contribution in [0.3, 0.4) is 0 Å². The molecule has 0 bridgehead atoms. The van der Waals surface area contributed by atoms with E-state index >= 15 is 0 Å². The first kappa shape index (κ1) is 13.3. The molecule has 0 aliphatic heterocycles. The van der Waals surface area contributed by atoms with Crippen LogP contribution in [0.4, 0.5) is 0 Å². The summed E-state index contributed by atoms with van der Waals surface area (Å²) in [6.07, 6.45) is 4.69. The molecule has 1 saturated carbocycles. The zero-order valence-corrected chi connectivity index (χ0v) is 11.9. The molecule has 1 heterocycles. The van der Waals surface area contributed by atoms with Gasteiger partial charge in [0.15, 0.2) is 0 Å². The molecule has 1 fully saturated rings. The molecule has 0 amide bonds. The zero-order chi connectivity index (χ0) is 13.5. The summed E-state index contributed by atoms with van der Waals surface area (Å²) in [5, 5.41) is 0. The van der Waals surface area contributed by atoms with Crippen LogP contribution in [0.1, 0.15) is 62.4 Å². The van der Waals surface area contributed by atoms with Crippen LogP contribution >= 0.6 is 0 Å². The molecule has 100 valence electrons. The molecule has 1 aromatic heterocycles. The Morgan fingerprint density at radius 1 is 1.28 bits per heavy atom. The van der Waals surface area contributed by atoms with Crippen LogP contribution in [-0.4, -0.2) is 4.57 Å². The molecule has 0 unspecified atom stereocenters. The highest BCUT2D eigenvalue weighted by atomic mass is 16.1. The molecule has 18 heavy (non-hydrogen) atoms. The highest BCUT2D eigenvalue weighted by molar-refractivity contribution is 5.31. The number of aromatic nitrogens is 1. The Kier molecular flexibility index (Phi) is 3.37. The van der Waals surface area contributed by atoms with Crippen molar-refractivity contribution in [1.29, 1.82) is 0 Å². The Labute approximate surface area is 109 Å². The highest BCUT2D eigenvalue weighted by Gasteiger charge is 2.26. The first-order chi connectivity index (χ1) is 8.32. The largest absolute Gasteiger partial charge is 0.322 e. The lowest BCUT2D eigenvalue weighted by Crippen LogP contribution is -2.40. The van der Waals surface area contributed by atoms with Crippen LogP contribution < -0.4 is 11.3 Å². The molecular formula is C15H24N2O. The molecule has 0 saturated heterocycles. The Hall–Kier alpha value is -1.09. The minimum absolute atomic E-state index is 0.118. The lowest BCUT2D eigenvalue weighted by atomic mass is 9.92. The molecule has 1 aliphatic rings. The van der Waals surface area contributed by atoms with Crippen LogP contribution in [0.2, 0.25) is 0 Å². The summed E-state index contributed by atoms with van der Waals surface area (Å²) in [4.78, 5) is 12.7. The lowest BCUT2D eigenvalue weighted by molar-refractivity contribution is 0.467. The second-order valence-corrected chi connectivity index (χ2v) is 6.18. The fraction of sp³-hybridized carbons (Fsp3) is 0.667. The van der Waals surface area contributed by atoms with Gasteiger partial charge in [0, 0.05) is 22.8 Å². The van der Waals surface area contributed by atoms with Gasteiger partial charge in [-0.2, -0.15) is 0 Å². The van der Waals surface area contributed by atoms with E-state index < -0.39 is 5.54 Å². The van der Waals surface area contributed by atoms with Crippen molar-refractivity contribution < 1.29 is 0 Å². The molecule has 0 atom stereocenters. The van der Waals surface area contributed by atoms with Crippen molar-refractivity contribution in [3.63, 3.8) is 0 Å². The first-order valence-electron chi connectivity index (χ1n) is 6.84. The Balaban J connectivity index is 2.64. The standard InChI is InChI=1S/C15H24N2O/c1-10-9-11(2)17(12-7-5-6-8-12)14(18)13(10)15(3,4)16/h9,12H,5-8,16H2,1-4H3. The number of nitrogens with two attached hydrogens (primary N) is 1. The zero-order valence-electron chi connectivity index (χ0n) is 11.9. The van der Waals surface area contributed by atoms with Crippen LogP contribution in [-0.2, 0) is 5.54 Å². The average molecular weight is 248 g/mol. The van der Waals surface area contributed by atoms with Gasteiger partial charge in [-0.1, -0.05) is 12.8 Å². The maximum Gasteiger partial charge on any atom is 0.256 e. The number of aryl methyl sites for hydroxylation is 2. The van der Waals surface area contributed by atoms with E-state index in [4.69, 9.17) is 5.73 Å². The molecule has 3 heteroatoms. The van der Waals surface area contributed by atoms with Crippen LogP contribution in [0.25, 0.3) is 0 Å². The predicted molar refractivity (Wildman–Crippen MR) is 74.9 cm³/mol. The van der Waals surface area contributed by atoms with Crippen molar-refractivity contribution in [2.24, 2.45) is 5.73 Å². The topological polar surface area (TPSA) is 48.0 Å². The Morgan fingerprint density at radius 3 is 2.33 bits per heavy atom. The fourth-order valence-corrected chi connectivity index (χ4v) is 3.30. The maximum absolute atomic E-state index is 12.7. The third-order valence-electron chi connectivity index (χ3n) is 3.97. The van der Waals surface area contributed by atoms with Gasteiger partial charge < -0.3 is 10.3 Å². The number of nitrogens with zero attached hydrogens (tertiary/aromatic N) is 1. The van der Waals surface area contributed by atoms with Gasteiger partial charge in [-0.3, -0.25) is 4.79 Å². The molecular weight excluding hydrogens is 224 g/mol. The van der Waals surface area contributed by atoms with Crippen molar-refractivity contribution in [2.75, 3.05) is 0 Å². The summed E-state index contributed by atoms with van der Waals surface area (Å²) < 4.78 is 1.98. The van der Waals surface area contributed by atoms with Crippen LogP contribution in [0, 0.1) is 13.8 Å². The van der Waals surface area contributed by atoms with E-state index in [0.29, 0.717) is 6.04 Å². The minimum atomic E-state index is -0.574. The maximum atomic E-state index is 12.7. The van der Waals surface area contributed by atoms with Crippen LogP contribution in [0.15, 0.2) is 10.9 Å². The van der Waals surface area contributed by atoms with E-state index in [1.807, 2.05) is 32.3 Å². The normalized spacial score (nSPS) is 17.4. The van der Waals surface area contributed by atoms with Gasteiger partial charge in [0.1, 0.15) is 0 Å². The van der Waals surface area contributed by atoms with Crippen molar-refractivity contribution in [1.82, 2.24) is 4.57 Å². The average Bonchev–Trinajstić information content (AvgIpc) is 2.67. The lowest BCUT2D eigenvalue weighted by Gasteiger charge is -2.25. The first-order valence-corrected chi connectivity index (χ1v) is 6.84.